The Balaban J connectivity index is 2.17. The average Bonchev–Trinajstić information content (AvgIpc) is 2.85. The van der Waals surface area contributed by atoms with E-state index in [-0.39, 0.29) is 5.82 Å². The Kier molecular flexibility index (Phi) is 3.94. The van der Waals surface area contributed by atoms with Gasteiger partial charge in [-0.1, -0.05) is 17.3 Å². The maximum Gasteiger partial charge on any atom is 0.156 e. The van der Waals surface area contributed by atoms with Gasteiger partial charge in [0.1, 0.15) is 5.82 Å². The predicted molar refractivity (Wildman–Crippen MR) is 67.5 cm³/mol. The quantitative estimate of drug-likeness (QED) is 0.883. The van der Waals surface area contributed by atoms with Gasteiger partial charge in [-0.25, -0.2) is 4.39 Å². The number of hydrogen-bond acceptors (Lipinski definition) is 4. The lowest BCUT2D eigenvalue weighted by Gasteiger charge is -2.21. The molecule has 18 heavy (non-hydrogen) atoms. The van der Waals surface area contributed by atoms with Gasteiger partial charge in [0, 0.05) is 19.2 Å². The maximum absolute atomic E-state index is 13.7. The van der Waals surface area contributed by atoms with Crippen molar-refractivity contribution < 1.29 is 8.91 Å². The molecule has 1 aromatic carbocycles. The molecule has 0 bridgehead atoms. The topological polar surface area (TPSA) is 55.3 Å². The first kappa shape index (κ1) is 12.6. The van der Waals surface area contributed by atoms with Crippen molar-refractivity contribution >= 4 is 5.69 Å². The summed E-state index contributed by atoms with van der Waals surface area (Å²) in [4.78, 5) is 1.89. The van der Waals surface area contributed by atoms with Crippen LogP contribution in [0.25, 0.3) is 0 Å². The van der Waals surface area contributed by atoms with Gasteiger partial charge < -0.3 is 15.2 Å². The Bertz CT molecular complexity index is 512. The number of nitrogens with zero attached hydrogens (tertiary/aromatic N) is 2. The molecule has 0 fully saturated rings. The van der Waals surface area contributed by atoms with Gasteiger partial charge in [-0.05, 0) is 19.1 Å². The summed E-state index contributed by atoms with van der Waals surface area (Å²) in [6, 6.07) is 8.48. The number of halogens is 1. The number of nitrogens with two attached hydrogens (primary N) is 1. The summed E-state index contributed by atoms with van der Waals surface area (Å²) in [5.41, 5.74) is 6.73. The minimum atomic E-state index is -0.238. The summed E-state index contributed by atoms with van der Waals surface area (Å²) < 4.78 is 18.8. The van der Waals surface area contributed by atoms with Gasteiger partial charge >= 0.3 is 0 Å². The van der Waals surface area contributed by atoms with E-state index in [1.807, 2.05) is 17.9 Å². The lowest BCUT2D eigenvalue weighted by molar-refractivity contribution is 0.375. The van der Waals surface area contributed by atoms with E-state index >= 15 is 0 Å². The normalized spacial score (nSPS) is 10.6. The number of para-hydroxylation sites is 1. The average molecular weight is 249 g/mol. The largest absolute Gasteiger partial charge is 0.362 e. The minimum absolute atomic E-state index is 0.238. The second-order valence-corrected chi connectivity index (χ2v) is 3.95. The zero-order chi connectivity index (χ0) is 13.0. The summed E-state index contributed by atoms with van der Waals surface area (Å²) in [5.74, 6) is 0.443. The van der Waals surface area contributed by atoms with E-state index in [9.17, 15) is 4.39 Å². The number of hydrogen-bond donors (Lipinski definition) is 1. The SMILES string of the molecule is CCN(Cc1cc(CN)no1)c1ccccc1F. The second kappa shape index (κ2) is 5.64. The molecule has 2 aromatic rings. The van der Waals surface area contributed by atoms with Crippen LogP contribution in [0.15, 0.2) is 34.9 Å². The fourth-order valence-corrected chi connectivity index (χ4v) is 1.79. The van der Waals surface area contributed by atoms with Crippen LogP contribution in [0.4, 0.5) is 10.1 Å². The Morgan fingerprint density at radius 3 is 2.78 bits per heavy atom. The molecule has 1 heterocycles. The van der Waals surface area contributed by atoms with Crippen LogP contribution >= 0.6 is 0 Å². The third-order valence-corrected chi connectivity index (χ3v) is 2.74. The van der Waals surface area contributed by atoms with E-state index in [1.54, 1.807) is 18.2 Å². The van der Waals surface area contributed by atoms with Gasteiger partial charge in [-0.3, -0.25) is 0 Å². The molecule has 0 amide bonds. The Labute approximate surface area is 105 Å². The van der Waals surface area contributed by atoms with Crippen LogP contribution in [0.5, 0.6) is 0 Å². The van der Waals surface area contributed by atoms with Crippen molar-refractivity contribution in [2.75, 3.05) is 11.4 Å². The molecule has 2 N–H and O–H groups in total. The van der Waals surface area contributed by atoms with E-state index in [0.29, 0.717) is 36.8 Å². The fraction of sp³-hybridized carbons (Fsp3) is 0.308. The maximum atomic E-state index is 13.7. The molecule has 5 heteroatoms. The van der Waals surface area contributed by atoms with Crippen LogP contribution in [0.3, 0.4) is 0 Å². The van der Waals surface area contributed by atoms with Gasteiger partial charge in [-0.15, -0.1) is 0 Å². The highest BCUT2D eigenvalue weighted by Crippen LogP contribution is 2.20. The molecule has 0 aliphatic heterocycles. The number of aromatic nitrogens is 1. The molecule has 0 aliphatic rings. The molecule has 0 saturated heterocycles. The number of anilines is 1. The molecule has 0 aliphatic carbocycles. The van der Waals surface area contributed by atoms with Crippen LogP contribution in [-0.4, -0.2) is 11.7 Å². The summed E-state index contributed by atoms with van der Waals surface area (Å²) in [6.07, 6.45) is 0. The van der Waals surface area contributed by atoms with Gasteiger partial charge in [0.15, 0.2) is 5.76 Å². The molecular formula is C13H16FN3O. The van der Waals surface area contributed by atoms with Crippen molar-refractivity contribution in [3.63, 3.8) is 0 Å². The first-order chi connectivity index (χ1) is 8.74. The standard InChI is InChI=1S/C13H16FN3O/c1-2-17(13-6-4-3-5-12(13)14)9-11-7-10(8-15)16-18-11/h3-7H,2,8-9,15H2,1H3. The minimum Gasteiger partial charge on any atom is -0.362 e. The fourth-order valence-electron chi connectivity index (χ4n) is 1.79. The molecule has 0 atom stereocenters. The van der Waals surface area contributed by atoms with Crippen molar-refractivity contribution in [2.45, 2.75) is 20.0 Å². The summed E-state index contributed by atoms with van der Waals surface area (Å²) in [5, 5.41) is 3.82. The lowest BCUT2D eigenvalue weighted by atomic mass is 10.2. The smallest absolute Gasteiger partial charge is 0.156 e. The van der Waals surface area contributed by atoms with Gasteiger partial charge in [0.2, 0.25) is 0 Å². The van der Waals surface area contributed by atoms with Crippen molar-refractivity contribution in [1.29, 1.82) is 0 Å². The van der Waals surface area contributed by atoms with E-state index in [4.69, 9.17) is 10.3 Å². The van der Waals surface area contributed by atoms with Crippen LogP contribution in [0, 0.1) is 5.82 Å². The molecular weight excluding hydrogens is 233 g/mol. The van der Waals surface area contributed by atoms with Crippen LogP contribution < -0.4 is 10.6 Å². The third-order valence-electron chi connectivity index (χ3n) is 2.74. The summed E-state index contributed by atoms with van der Waals surface area (Å²) in [7, 11) is 0. The van der Waals surface area contributed by atoms with Crippen molar-refractivity contribution in [2.24, 2.45) is 5.73 Å². The van der Waals surface area contributed by atoms with Crippen molar-refractivity contribution in [1.82, 2.24) is 5.16 Å². The van der Waals surface area contributed by atoms with Crippen LogP contribution in [0.2, 0.25) is 0 Å². The van der Waals surface area contributed by atoms with E-state index in [0.717, 1.165) is 0 Å². The first-order valence-electron chi connectivity index (χ1n) is 5.88. The highest BCUT2D eigenvalue weighted by atomic mass is 19.1. The second-order valence-electron chi connectivity index (χ2n) is 3.95. The molecule has 4 nitrogen and oxygen atoms in total. The van der Waals surface area contributed by atoms with Crippen LogP contribution in [0.1, 0.15) is 18.4 Å². The third kappa shape index (κ3) is 2.68. The van der Waals surface area contributed by atoms with Crippen molar-refractivity contribution in [3.8, 4) is 0 Å². The molecule has 0 unspecified atom stereocenters. The Morgan fingerprint density at radius 1 is 1.39 bits per heavy atom. The Morgan fingerprint density at radius 2 is 2.17 bits per heavy atom. The zero-order valence-corrected chi connectivity index (χ0v) is 10.3. The van der Waals surface area contributed by atoms with Gasteiger partial charge in [-0.2, -0.15) is 0 Å². The number of rotatable bonds is 5. The first-order valence-corrected chi connectivity index (χ1v) is 5.88. The number of benzene rings is 1. The highest BCUT2D eigenvalue weighted by Gasteiger charge is 2.12. The lowest BCUT2D eigenvalue weighted by Crippen LogP contribution is -2.22. The molecule has 0 radical (unpaired) electrons. The molecule has 2 rings (SSSR count). The summed E-state index contributed by atoms with van der Waals surface area (Å²) >= 11 is 0. The van der Waals surface area contributed by atoms with Gasteiger partial charge in [0.05, 0.1) is 17.9 Å². The zero-order valence-electron chi connectivity index (χ0n) is 10.3. The highest BCUT2D eigenvalue weighted by molar-refractivity contribution is 5.47. The van der Waals surface area contributed by atoms with E-state index < -0.39 is 0 Å². The molecule has 0 saturated carbocycles. The van der Waals surface area contributed by atoms with E-state index in [1.165, 1.54) is 6.07 Å². The van der Waals surface area contributed by atoms with E-state index in [2.05, 4.69) is 5.16 Å². The van der Waals surface area contributed by atoms with Crippen molar-refractivity contribution in [3.05, 3.63) is 47.6 Å². The summed E-state index contributed by atoms with van der Waals surface area (Å²) in [6.45, 7) is 3.46. The predicted octanol–water partition coefficient (Wildman–Crippen LogP) is 2.30. The molecule has 1 aromatic heterocycles. The van der Waals surface area contributed by atoms with Gasteiger partial charge in [0.25, 0.3) is 0 Å². The molecule has 0 spiro atoms. The Hall–Kier alpha value is -1.88. The van der Waals surface area contributed by atoms with Crippen LogP contribution in [-0.2, 0) is 13.1 Å². The molecule has 96 valence electrons. The monoisotopic (exact) mass is 249 g/mol.